The lowest BCUT2D eigenvalue weighted by Crippen LogP contribution is -2.36. The third-order valence-electron chi connectivity index (χ3n) is 3.96. The number of rotatable bonds is 2. The fourth-order valence-corrected chi connectivity index (χ4v) is 3.64. The molecule has 0 saturated heterocycles. The average Bonchev–Trinajstić information content (AvgIpc) is 2.83. The summed E-state index contributed by atoms with van der Waals surface area (Å²) in [6, 6.07) is 8.14. The molecule has 1 atom stereocenters. The molecule has 1 amide bonds. The van der Waals surface area contributed by atoms with Crippen molar-refractivity contribution in [2.45, 2.75) is 20.3 Å². The Balaban J connectivity index is 1.90. The van der Waals surface area contributed by atoms with Gasteiger partial charge in [0.15, 0.2) is 0 Å². The minimum atomic E-state index is 0.125. The van der Waals surface area contributed by atoms with Gasteiger partial charge >= 0.3 is 0 Å². The molecule has 1 aromatic carbocycles. The lowest BCUT2D eigenvalue weighted by Gasteiger charge is -2.24. The summed E-state index contributed by atoms with van der Waals surface area (Å²) in [6.45, 7) is 5.87. The Labute approximate surface area is 135 Å². The fourth-order valence-electron chi connectivity index (χ4n) is 3.02. The van der Waals surface area contributed by atoms with E-state index in [1.165, 1.54) is 0 Å². The lowest BCUT2D eigenvalue weighted by molar-refractivity contribution is -0.118. The summed E-state index contributed by atoms with van der Waals surface area (Å²) < 4.78 is 0. The van der Waals surface area contributed by atoms with E-state index in [-0.39, 0.29) is 5.91 Å². The van der Waals surface area contributed by atoms with Crippen LogP contribution in [0.2, 0.25) is 0 Å². The van der Waals surface area contributed by atoms with E-state index >= 15 is 0 Å². The number of carbonyl (C=O) groups is 1. The van der Waals surface area contributed by atoms with Gasteiger partial charge in [0.05, 0.1) is 28.5 Å². The smallest absolute Gasteiger partial charge is 0.233 e. The zero-order valence-electron chi connectivity index (χ0n) is 13.2. The van der Waals surface area contributed by atoms with Crippen LogP contribution in [-0.2, 0) is 11.2 Å². The van der Waals surface area contributed by atoms with Crippen LogP contribution in [0.4, 0.5) is 11.4 Å². The molecular formula is C17H21N3OS. The summed E-state index contributed by atoms with van der Waals surface area (Å²) in [6.07, 6.45) is 0.370. The highest BCUT2D eigenvalue weighted by Gasteiger charge is 2.26. The molecule has 116 valence electrons. The summed E-state index contributed by atoms with van der Waals surface area (Å²) in [5, 5.41) is 2.99. The fraction of sp³-hybridized carbons (Fsp3) is 0.412. The van der Waals surface area contributed by atoms with Crippen molar-refractivity contribution in [3.8, 4) is 0 Å². The number of benzene rings is 1. The van der Waals surface area contributed by atoms with Gasteiger partial charge in [-0.15, -0.1) is 11.3 Å². The minimum absolute atomic E-state index is 0.125. The van der Waals surface area contributed by atoms with Crippen molar-refractivity contribution in [2.24, 2.45) is 5.92 Å². The Morgan fingerprint density at radius 2 is 2.05 bits per heavy atom. The maximum atomic E-state index is 12.8. The van der Waals surface area contributed by atoms with Gasteiger partial charge < -0.3 is 9.80 Å². The van der Waals surface area contributed by atoms with Crippen LogP contribution in [0.25, 0.3) is 0 Å². The van der Waals surface area contributed by atoms with Crippen molar-refractivity contribution < 1.29 is 4.79 Å². The number of thiazole rings is 1. The molecule has 4 nitrogen and oxygen atoms in total. The van der Waals surface area contributed by atoms with Crippen LogP contribution in [-0.4, -0.2) is 31.0 Å². The Morgan fingerprint density at radius 3 is 2.73 bits per heavy atom. The standard InChI is InChI=1S/C17H21N3OS/c1-12-9-19(3)15-6-4-5-7-16(15)20(10-12)17(21)8-14-11-22-13(2)18-14/h4-7,11-12H,8-10H2,1-3H3. The number of para-hydroxylation sites is 2. The Hall–Kier alpha value is -1.88. The van der Waals surface area contributed by atoms with E-state index in [1.807, 2.05) is 35.4 Å². The molecule has 0 spiro atoms. The molecule has 3 rings (SSSR count). The first kappa shape index (κ1) is 15.0. The first-order chi connectivity index (χ1) is 10.5. The third-order valence-corrected chi connectivity index (χ3v) is 4.79. The predicted molar refractivity (Wildman–Crippen MR) is 91.8 cm³/mol. The Bertz CT molecular complexity index is 682. The quantitative estimate of drug-likeness (QED) is 0.854. The zero-order chi connectivity index (χ0) is 15.7. The van der Waals surface area contributed by atoms with Gasteiger partial charge in [-0.25, -0.2) is 4.98 Å². The van der Waals surface area contributed by atoms with Crippen LogP contribution in [0.5, 0.6) is 0 Å². The summed E-state index contributed by atoms with van der Waals surface area (Å²) in [7, 11) is 2.09. The monoisotopic (exact) mass is 315 g/mol. The summed E-state index contributed by atoms with van der Waals surface area (Å²) >= 11 is 1.59. The molecule has 1 aromatic heterocycles. The molecule has 22 heavy (non-hydrogen) atoms. The number of nitrogens with zero attached hydrogens (tertiary/aromatic N) is 3. The number of hydrogen-bond acceptors (Lipinski definition) is 4. The van der Waals surface area contributed by atoms with Crippen LogP contribution in [0, 0.1) is 12.8 Å². The van der Waals surface area contributed by atoms with Crippen LogP contribution < -0.4 is 9.80 Å². The van der Waals surface area contributed by atoms with Crippen LogP contribution in [0.15, 0.2) is 29.6 Å². The normalized spacial score (nSPS) is 18.0. The molecule has 0 aliphatic carbocycles. The number of fused-ring (bicyclic) bond motifs is 1. The molecule has 0 radical (unpaired) electrons. The number of aryl methyl sites for hydroxylation is 1. The molecule has 1 aliphatic heterocycles. The van der Waals surface area contributed by atoms with Gasteiger partial charge in [-0.3, -0.25) is 4.79 Å². The van der Waals surface area contributed by atoms with Crippen LogP contribution in [0.1, 0.15) is 17.6 Å². The third kappa shape index (κ3) is 2.99. The highest BCUT2D eigenvalue weighted by Crippen LogP contribution is 2.32. The van der Waals surface area contributed by atoms with E-state index < -0.39 is 0 Å². The summed E-state index contributed by atoms with van der Waals surface area (Å²) in [5.41, 5.74) is 3.00. The van der Waals surface area contributed by atoms with Gasteiger partial charge in [0.1, 0.15) is 0 Å². The maximum absolute atomic E-state index is 12.8. The molecule has 0 fully saturated rings. The predicted octanol–water partition coefficient (Wildman–Crippen LogP) is 3.11. The highest BCUT2D eigenvalue weighted by atomic mass is 32.1. The van der Waals surface area contributed by atoms with Gasteiger partial charge in [0.25, 0.3) is 0 Å². The maximum Gasteiger partial charge on any atom is 0.233 e. The summed E-state index contributed by atoms with van der Waals surface area (Å²) in [5.74, 6) is 0.554. The number of anilines is 2. The zero-order valence-corrected chi connectivity index (χ0v) is 14.1. The number of carbonyl (C=O) groups excluding carboxylic acids is 1. The van der Waals surface area contributed by atoms with Crippen molar-refractivity contribution in [3.05, 3.63) is 40.3 Å². The van der Waals surface area contributed by atoms with Crippen molar-refractivity contribution in [2.75, 3.05) is 29.9 Å². The minimum Gasteiger partial charge on any atom is -0.373 e. The highest BCUT2D eigenvalue weighted by molar-refractivity contribution is 7.09. The second kappa shape index (κ2) is 6.08. The SMILES string of the molecule is Cc1nc(CC(=O)N2CC(C)CN(C)c3ccccc32)cs1. The van der Waals surface area contributed by atoms with E-state index in [4.69, 9.17) is 0 Å². The van der Waals surface area contributed by atoms with E-state index in [9.17, 15) is 4.79 Å². The first-order valence-corrected chi connectivity index (χ1v) is 8.44. The lowest BCUT2D eigenvalue weighted by atomic mass is 10.1. The van der Waals surface area contributed by atoms with Gasteiger partial charge in [0, 0.05) is 25.5 Å². The van der Waals surface area contributed by atoms with E-state index in [0.717, 1.165) is 35.2 Å². The van der Waals surface area contributed by atoms with Gasteiger partial charge in [-0.05, 0) is 25.0 Å². The molecule has 5 heteroatoms. The first-order valence-electron chi connectivity index (χ1n) is 7.56. The number of hydrogen-bond donors (Lipinski definition) is 0. The molecule has 1 unspecified atom stereocenters. The Kier molecular flexibility index (Phi) is 4.16. The van der Waals surface area contributed by atoms with Gasteiger partial charge in [0.2, 0.25) is 5.91 Å². The van der Waals surface area contributed by atoms with Crippen molar-refractivity contribution in [3.63, 3.8) is 0 Å². The molecule has 2 aromatic rings. The molecule has 0 bridgehead atoms. The average molecular weight is 315 g/mol. The van der Waals surface area contributed by atoms with Crippen LogP contribution >= 0.6 is 11.3 Å². The van der Waals surface area contributed by atoms with Crippen molar-refractivity contribution >= 4 is 28.6 Å². The largest absolute Gasteiger partial charge is 0.373 e. The second-order valence-corrected chi connectivity index (χ2v) is 7.08. The number of aromatic nitrogens is 1. The van der Waals surface area contributed by atoms with Gasteiger partial charge in [-0.1, -0.05) is 19.1 Å². The molecule has 0 saturated carbocycles. The Morgan fingerprint density at radius 1 is 1.32 bits per heavy atom. The number of amides is 1. The van der Waals surface area contributed by atoms with E-state index in [1.54, 1.807) is 11.3 Å². The summed E-state index contributed by atoms with van der Waals surface area (Å²) in [4.78, 5) is 21.4. The van der Waals surface area contributed by atoms with Gasteiger partial charge in [-0.2, -0.15) is 0 Å². The molecule has 1 aliphatic rings. The van der Waals surface area contributed by atoms with Crippen molar-refractivity contribution in [1.82, 2.24) is 4.98 Å². The second-order valence-electron chi connectivity index (χ2n) is 6.01. The molecular weight excluding hydrogens is 294 g/mol. The molecule has 0 N–H and O–H groups in total. The molecule has 2 heterocycles. The van der Waals surface area contributed by atoms with E-state index in [0.29, 0.717) is 12.3 Å². The van der Waals surface area contributed by atoms with Crippen LogP contribution in [0.3, 0.4) is 0 Å². The van der Waals surface area contributed by atoms with E-state index in [2.05, 4.69) is 29.9 Å². The topological polar surface area (TPSA) is 36.4 Å². The van der Waals surface area contributed by atoms with Crippen molar-refractivity contribution in [1.29, 1.82) is 0 Å².